The zero-order chi connectivity index (χ0) is 8.15. The Morgan fingerprint density at radius 3 is 2.20 bits per heavy atom. The van der Waals surface area contributed by atoms with Crippen molar-refractivity contribution in [3.63, 3.8) is 0 Å². The van der Waals surface area contributed by atoms with Gasteiger partial charge in [-0.15, -0.1) is 5.01 Å². The van der Waals surface area contributed by atoms with Gasteiger partial charge in [-0.2, -0.15) is 0 Å². The van der Waals surface area contributed by atoms with Crippen LogP contribution in [0, 0.1) is 10.7 Å². The summed E-state index contributed by atoms with van der Waals surface area (Å²) in [6.45, 7) is 6.44. The van der Waals surface area contributed by atoms with Crippen LogP contribution in [0.2, 0.25) is 0 Å². The van der Waals surface area contributed by atoms with Crippen molar-refractivity contribution >= 4 is 0 Å². The van der Waals surface area contributed by atoms with E-state index in [4.69, 9.17) is 5.53 Å². The normalized spacial score (nSPS) is 10.0. The third-order valence-corrected chi connectivity index (χ3v) is 1.28. The fraction of sp³-hybridized carbons (Fsp3) is 1.00. The van der Waals surface area contributed by atoms with Gasteiger partial charge in [0.1, 0.15) is 0 Å². The first-order valence-electron chi connectivity index (χ1n) is 3.54. The Morgan fingerprint density at radius 1 is 1.60 bits per heavy atom. The summed E-state index contributed by atoms with van der Waals surface area (Å²) >= 11 is 0. The van der Waals surface area contributed by atoms with Gasteiger partial charge in [-0.1, -0.05) is 6.92 Å². The highest BCUT2D eigenvalue weighted by molar-refractivity contribution is 4.48. The maximum Gasteiger partial charge on any atom is 0.0820 e. The zero-order valence-corrected chi connectivity index (χ0v) is 6.79. The van der Waals surface area contributed by atoms with Crippen molar-refractivity contribution in [2.24, 2.45) is 0 Å². The summed E-state index contributed by atoms with van der Waals surface area (Å²) in [5.74, 6) is 0. The molecule has 0 aliphatic heterocycles. The van der Waals surface area contributed by atoms with Crippen molar-refractivity contribution < 1.29 is 4.97 Å². The highest BCUT2D eigenvalue weighted by Gasteiger charge is 2.12. The Kier molecular flexibility index (Phi) is 3.76. The van der Waals surface area contributed by atoms with Crippen LogP contribution >= 0.6 is 0 Å². The predicted octanol–water partition coefficient (Wildman–Crippen LogP) is 1.56. The summed E-state index contributed by atoms with van der Waals surface area (Å²) in [5.41, 5.74) is 6.77. The van der Waals surface area contributed by atoms with Crippen molar-refractivity contribution in [2.75, 3.05) is 6.54 Å². The van der Waals surface area contributed by atoms with Crippen LogP contribution in [-0.2, 0) is 0 Å². The van der Waals surface area contributed by atoms with Crippen molar-refractivity contribution in [2.45, 2.75) is 33.2 Å². The highest BCUT2D eigenvalue weighted by atomic mass is 16.5. The van der Waals surface area contributed by atoms with Crippen LogP contribution in [0.4, 0.5) is 0 Å². The Hall–Kier alpha value is -0.800. The number of nitrogens with zero attached hydrogens (tertiary/aromatic N) is 2. The van der Waals surface area contributed by atoms with E-state index in [2.05, 4.69) is 0 Å². The topological polar surface area (TPSA) is 53.2 Å². The average molecular weight is 145 g/mol. The molecule has 10 heavy (non-hydrogen) atoms. The largest absolute Gasteiger partial charge is 0.572 e. The van der Waals surface area contributed by atoms with E-state index in [9.17, 15) is 5.21 Å². The molecule has 4 nitrogen and oxygen atoms in total. The van der Waals surface area contributed by atoms with Gasteiger partial charge in [0.15, 0.2) is 0 Å². The summed E-state index contributed by atoms with van der Waals surface area (Å²) in [4.78, 5) is 0.161. The summed E-state index contributed by atoms with van der Waals surface area (Å²) in [5, 5.41) is 11.9. The summed E-state index contributed by atoms with van der Waals surface area (Å²) in [6, 6.07) is 0.120. The molecule has 0 saturated heterocycles. The van der Waals surface area contributed by atoms with E-state index in [0.717, 1.165) is 6.42 Å². The van der Waals surface area contributed by atoms with Gasteiger partial charge in [0, 0.05) is 4.97 Å². The molecule has 0 heterocycles. The lowest BCUT2D eigenvalue weighted by molar-refractivity contribution is -0.717. The number of hydrazine groups is 1. The van der Waals surface area contributed by atoms with Gasteiger partial charge in [0.2, 0.25) is 0 Å². The van der Waals surface area contributed by atoms with Crippen molar-refractivity contribution in [3.05, 3.63) is 5.21 Å². The molecule has 0 aromatic rings. The summed E-state index contributed by atoms with van der Waals surface area (Å²) in [6.07, 6.45) is 0.899. The van der Waals surface area contributed by atoms with Gasteiger partial charge in [0.05, 0.1) is 12.6 Å². The number of rotatable bonds is 4. The highest BCUT2D eigenvalue weighted by Crippen LogP contribution is 1.98. The summed E-state index contributed by atoms with van der Waals surface area (Å²) in [7, 11) is 0. The van der Waals surface area contributed by atoms with Crippen LogP contribution in [0.5, 0.6) is 0 Å². The van der Waals surface area contributed by atoms with E-state index >= 15 is 0 Å². The standard InChI is InChI=1S/C6H15N3O/c1-4-5-8(6(2)3)9(7)10/h6-7H,4-5H2,1-3H3. The second kappa shape index (κ2) is 4.09. The van der Waals surface area contributed by atoms with Gasteiger partial charge >= 0.3 is 0 Å². The minimum atomic E-state index is 0.120. The van der Waals surface area contributed by atoms with Crippen LogP contribution in [0.15, 0.2) is 0 Å². The molecule has 0 atom stereocenters. The fourth-order valence-electron chi connectivity index (χ4n) is 0.788. The van der Waals surface area contributed by atoms with E-state index in [1.165, 1.54) is 5.01 Å². The Balaban J connectivity index is 3.85. The second-order valence-corrected chi connectivity index (χ2v) is 2.53. The first kappa shape index (κ1) is 9.20. The molecule has 60 valence electrons. The maximum atomic E-state index is 10.5. The van der Waals surface area contributed by atoms with Gasteiger partial charge in [-0.25, -0.2) is 0 Å². The number of nitrogens with one attached hydrogen (secondary N) is 1. The predicted molar refractivity (Wildman–Crippen MR) is 38.5 cm³/mol. The molecule has 0 bridgehead atoms. The summed E-state index contributed by atoms with van der Waals surface area (Å²) < 4.78 is 0. The molecule has 4 heteroatoms. The lowest BCUT2D eigenvalue weighted by Gasteiger charge is -2.20. The average Bonchev–Trinajstić information content (AvgIpc) is 1.81. The van der Waals surface area contributed by atoms with Crippen molar-refractivity contribution in [1.82, 2.24) is 5.01 Å². The minimum Gasteiger partial charge on any atom is -0.572 e. The molecular formula is C6H15N3O. The molecule has 0 aromatic heterocycles. The fourth-order valence-corrected chi connectivity index (χ4v) is 0.788. The first-order chi connectivity index (χ1) is 4.59. The number of hydrogen-bond acceptors (Lipinski definition) is 2. The van der Waals surface area contributed by atoms with E-state index in [0.29, 0.717) is 6.54 Å². The monoisotopic (exact) mass is 145 g/mol. The lowest BCUT2D eigenvalue weighted by Crippen LogP contribution is -2.36. The molecule has 0 rings (SSSR count). The molecule has 0 aliphatic carbocycles. The van der Waals surface area contributed by atoms with E-state index in [1.54, 1.807) is 0 Å². The second-order valence-electron chi connectivity index (χ2n) is 2.53. The molecule has 1 N–H and O–H groups in total. The molecule has 0 spiro atoms. The van der Waals surface area contributed by atoms with Crippen LogP contribution in [0.3, 0.4) is 0 Å². The quantitative estimate of drug-likeness (QED) is 0.371. The zero-order valence-electron chi connectivity index (χ0n) is 6.79. The maximum absolute atomic E-state index is 10.5. The SMILES string of the molecule is CCCN(C(C)C)[N+](=N)[O-]. The van der Waals surface area contributed by atoms with Gasteiger partial charge in [-0.05, 0) is 25.8 Å². The smallest absolute Gasteiger partial charge is 0.0820 e. The van der Waals surface area contributed by atoms with Gasteiger partial charge in [-0.3, -0.25) is 0 Å². The molecule has 0 saturated carbocycles. The van der Waals surface area contributed by atoms with Crippen LogP contribution in [-0.4, -0.2) is 22.6 Å². The van der Waals surface area contributed by atoms with Crippen molar-refractivity contribution in [1.29, 1.82) is 5.53 Å². The van der Waals surface area contributed by atoms with E-state index < -0.39 is 0 Å². The Bertz CT molecular complexity index is 114. The van der Waals surface area contributed by atoms with Crippen LogP contribution in [0.25, 0.3) is 0 Å². The van der Waals surface area contributed by atoms with Gasteiger partial charge in [0.25, 0.3) is 0 Å². The van der Waals surface area contributed by atoms with Crippen LogP contribution in [0.1, 0.15) is 27.2 Å². The third kappa shape index (κ3) is 2.66. The lowest BCUT2D eigenvalue weighted by atomic mass is 10.3. The molecule has 0 unspecified atom stereocenters. The first-order valence-corrected chi connectivity index (χ1v) is 3.54. The number of hydrogen-bond donors (Lipinski definition) is 1. The minimum absolute atomic E-state index is 0.120. The third-order valence-electron chi connectivity index (χ3n) is 1.28. The van der Waals surface area contributed by atoms with E-state index in [1.807, 2.05) is 20.8 Å². The van der Waals surface area contributed by atoms with Crippen LogP contribution < -0.4 is 0 Å². The van der Waals surface area contributed by atoms with E-state index in [-0.39, 0.29) is 11.0 Å². The molecular weight excluding hydrogens is 130 g/mol. The molecule has 0 amide bonds. The molecule has 0 fully saturated rings. The Labute approximate surface area is 61.5 Å². The van der Waals surface area contributed by atoms with Crippen molar-refractivity contribution in [3.8, 4) is 0 Å². The Morgan fingerprint density at radius 2 is 2.10 bits per heavy atom. The molecule has 0 aromatic carbocycles. The van der Waals surface area contributed by atoms with Gasteiger partial charge < -0.3 is 5.21 Å². The molecule has 0 radical (unpaired) electrons. The molecule has 0 aliphatic rings.